The van der Waals surface area contributed by atoms with Crippen LogP contribution in [0.5, 0.6) is 0 Å². The van der Waals surface area contributed by atoms with Crippen molar-refractivity contribution in [3.8, 4) is 0 Å². The molecule has 1 fully saturated rings. The maximum atomic E-state index is 13.6. The molecule has 2 atom stereocenters. The topological polar surface area (TPSA) is 44.4 Å². The van der Waals surface area contributed by atoms with Gasteiger partial charge in [0, 0.05) is 23.5 Å². The molecule has 7 heteroatoms. The third kappa shape index (κ3) is 4.20. The summed E-state index contributed by atoms with van der Waals surface area (Å²) in [5.74, 6) is -1.79. The number of nitrogens with zero attached hydrogens (tertiary/aromatic N) is 1. The van der Waals surface area contributed by atoms with Crippen molar-refractivity contribution in [3.05, 3.63) is 51.4 Å². The van der Waals surface area contributed by atoms with Crippen LogP contribution in [0.1, 0.15) is 34.0 Å². The first-order valence-electron chi connectivity index (χ1n) is 9.03. The molecular weight excluding hydrogens is 368 g/mol. The monoisotopic (exact) mass is 393 g/mol. The summed E-state index contributed by atoms with van der Waals surface area (Å²) in [6.45, 7) is 7.10. The molecule has 2 aromatic rings. The molecule has 0 saturated carbocycles. The highest BCUT2D eigenvalue weighted by Gasteiger charge is 2.33. The molecule has 0 spiro atoms. The average Bonchev–Trinajstić information content (AvgIpc) is 3.11. The van der Waals surface area contributed by atoms with Crippen LogP contribution in [-0.2, 0) is 4.79 Å². The van der Waals surface area contributed by atoms with Gasteiger partial charge in [0.25, 0.3) is 0 Å². The summed E-state index contributed by atoms with van der Waals surface area (Å²) in [5, 5.41) is 7.15. The van der Waals surface area contributed by atoms with Gasteiger partial charge in [-0.25, -0.2) is 8.78 Å². The van der Waals surface area contributed by atoms with Crippen molar-refractivity contribution >= 4 is 22.2 Å². The number of carbonyl (C=O) groups is 1. The third-order valence-corrected chi connectivity index (χ3v) is 6.62. The van der Waals surface area contributed by atoms with Crippen molar-refractivity contribution in [2.24, 2.45) is 0 Å². The van der Waals surface area contributed by atoms with E-state index >= 15 is 0 Å². The van der Waals surface area contributed by atoms with Gasteiger partial charge in [-0.05, 0) is 63.1 Å². The fourth-order valence-electron chi connectivity index (χ4n) is 3.60. The number of halogens is 2. The molecule has 1 aromatic carbocycles. The zero-order valence-electron chi connectivity index (χ0n) is 16.0. The van der Waals surface area contributed by atoms with Gasteiger partial charge in [0.1, 0.15) is 0 Å². The van der Waals surface area contributed by atoms with Gasteiger partial charge in [0.15, 0.2) is 11.6 Å². The van der Waals surface area contributed by atoms with Crippen LogP contribution in [0.3, 0.4) is 0 Å². The zero-order chi connectivity index (χ0) is 19.7. The molecule has 27 heavy (non-hydrogen) atoms. The van der Waals surface area contributed by atoms with Gasteiger partial charge >= 0.3 is 0 Å². The number of anilines is 1. The summed E-state index contributed by atoms with van der Waals surface area (Å²) < 4.78 is 26.9. The minimum absolute atomic E-state index is 0.00137. The van der Waals surface area contributed by atoms with Crippen molar-refractivity contribution in [1.82, 2.24) is 10.2 Å². The molecule has 0 aliphatic carbocycles. The fraction of sp³-hybridized carbons (Fsp3) is 0.450. The molecule has 1 aromatic heterocycles. The first-order chi connectivity index (χ1) is 12.8. The third-order valence-electron chi connectivity index (χ3n) is 5.40. The van der Waals surface area contributed by atoms with Gasteiger partial charge < -0.3 is 10.6 Å². The van der Waals surface area contributed by atoms with Crippen molar-refractivity contribution in [3.63, 3.8) is 0 Å². The molecule has 2 heterocycles. The molecule has 1 amide bonds. The second-order valence-corrected chi connectivity index (χ2v) is 8.39. The van der Waals surface area contributed by atoms with Crippen molar-refractivity contribution in [2.75, 3.05) is 25.5 Å². The molecule has 0 radical (unpaired) electrons. The number of aryl methyl sites for hydroxylation is 1. The van der Waals surface area contributed by atoms with Crippen LogP contribution >= 0.6 is 11.3 Å². The molecule has 2 N–H and O–H groups in total. The lowest BCUT2D eigenvalue weighted by Crippen LogP contribution is -2.39. The molecule has 3 rings (SSSR count). The van der Waals surface area contributed by atoms with Crippen LogP contribution in [0.25, 0.3) is 0 Å². The minimum atomic E-state index is -0.847. The fourth-order valence-corrected chi connectivity index (χ4v) is 4.68. The van der Waals surface area contributed by atoms with Gasteiger partial charge in [-0.3, -0.25) is 9.69 Å². The molecule has 1 aliphatic heterocycles. The Morgan fingerprint density at radius 3 is 2.59 bits per heavy atom. The van der Waals surface area contributed by atoms with E-state index in [1.165, 1.54) is 16.5 Å². The molecule has 1 saturated heterocycles. The first-order valence-corrected chi connectivity index (χ1v) is 9.84. The molecule has 146 valence electrons. The van der Waals surface area contributed by atoms with Gasteiger partial charge in [0.2, 0.25) is 5.91 Å². The second-order valence-electron chi connectivity index (χ2n) is 7.16. The van der Waals surface area contributed by atoms with E-state index in [4.69, 9.17) is 0 Å². The van der Waals surface area contributed by atoms with E-state index in [1.54, 1.807) is 17.4 Å². The summed E-state index contributed by atoms with van der Waals surface area (Å²) in [7, 11) is 1.95. The minimum Gasteiger partial charge on any atom is -0.316 e. The molecule has 0 unspecified atom stereocenters. The number of benzene rings is 1. The standard InChI is InChI=1S/C20H25F2N3OS/c1-11-12(2)20(27-13(11)3)24-18(26)10-23-17-7-8-25(4)19(17)14-5-6-15(21)16(22)9-14/h5-6,9,17,19,23H,7-8,10H2,1-4H3,(H,24,26)/t17-,19+/m0/s1. The number of nitrogens with one attached hydrogen (secondary N) is 2. The first kappa shape index (κ1) is 19.9. The van der Waals surface area contributed by atoms with E-state index in [-0.39, 0.29) is 24.5 Å². The quantitative estimate of drug-likeness (QED) is 0.809. The van der Waals surface area contributed by atoms with Gasteiger partial charge in [-0.15, -0.1) is 11.3 Å². The van der Waals surface area contributed by atoms with Crippen LogP contribution < -0.4 is 10.6 Å². The number of thiophene rings is 1. The summed E-state index contributed by atoms with van der Waals surface area (Å²) in [6, 6.07) is 3.92. The van der Waals surface area contributed by atoms with E-state index in [9.17, 15) is 13.6 Å². The Morgan fingerprint density at radius 2 is 1.96 bits per heavy atom. The van der Waals surface area contributed by atoms with Gasteiger partial charge in [0.05, 0.1) is 11.5 Å². The Bertz CT molecular complexity index is 852. The van der Waals surface area contributed by atoms with Crippen LogP contribution in [-0.4, -0.2) is 37.0 Å². The predicted molar refractivity (Wildman–Crippen MR) is 105 cm³/mol. The van der Waals surface area contributed by atoms with Crippen LogP contribution in [0.2, 0.25) is 0 Å². The normalized spacial score (nSPS) is 20.2. The molecule has 1 aliphatic rings. The van der Waals surface area contributed by atoms with Crippen LogP contribution in [0, 0.1) is 32.4 Å². The number of hydrogen-bond donors (Lipinski definition) is 2. The Morgan fingerprint density at radius 1 is 1.22 bits per heavy atom. The molecule has 4 nitrogen and oxygen atoms in total. The Balaban J connectivity index is 1.64. The number of rotatable bonds is 5. The Labute approximate surface area is 162 Å². The lowest BCUT2D eigenvalue weighted by molar-refractivity contribution is -0.115. The summed E-state index contributed by atoms with van der Waals surface area (Å²) in [4.78, 5) is 15.7. The zero-order valence-corrected chi connectivity index (χ0v) is 16.8. The SMILES string of the molecule is Cc1sc(NC(=O)CN[C@H]2CCN(C)[C@@H]2c2ccc(F)c(F)c2)c(C)c1C. The smallest absolute Gasteiger partial charge is 0.238 e. The van der Waals surface area contributed by atoms with E-state index in [2.05, 4.69) is 22.5 Å². The van der Waals surface area contributed by atoms with Crippen molar-refractivity contribution < 1.29 is 13.6 Å². The largest absolute Gasteiger partial charge is 0.316 e. The lowest BCUT2D eigenvalue weighted by atomic mass is 10.00. The highest BCUT2D eigenvalue weighted by Crippen LogP contribution is 2.32. The van der Waals surface area contributed by atoms with E-state index < -0.39 is 11.6 Å². The number of hydrogen-bond acceptors (Lipinski definition) is 4. The summed E-state index contributed by atoms with van der Waals surface area (Å²) >= 11 is 1.58. The number of likely N-dealkylation sites (tertiary alicyclic amines) is 1. The number of carbonyl (C=O) groups excluding carboxylic acids is 1. The van der Waals surface area contributed by atoms with Gasteiger partial charge in [-0.2, -0.15) is 0 Å². The average molecular weight is 394 g/mol. The van der Waals surface area contributed by atoms with Crippen molar-refractivity contribution in [1.29, 1.82) is 0 Å². The lowest BCUT2D eigenvalue weighted by Gasteiger charge is -2.26. The second kappa shape index (κ2) is 8.04. The van der Waals surface area contributed by atoms with E-state index in [0.717, 1.165) is 29.6 Å². The highest BCUT2D eigenvalue weighted by molar-refractivity contribution is 7.16. The van der Waals surface area contributed by atoms with Crippen LogP contribution in [0.15, 0.2) is 18.2 Å². The van der Waals surface area contributed by atoms with E-state index in [0.29, 0.717) is 5.56 Å². The van der Waals surface area contributed by atoms with Gasteiger partial charge in [-0.1, -0.05) is 6.07 Å². The van der Waals surface area contributed by atoms with Crippen molar-refractivity contribution in [2.45, 2.75) is 39.3 Å². The number of likely N-dealkylation sites (N-methyl/N-ethyl adjacent to an activating group) is 1. The summed E-state index contributed by atoms with van der Waals surface area (Å²) in [6.07, 6.45) is 0.837. The predicted octanol–water partition coefficient (Wildman–Crippen LogP) is 3.93. The Kier molecular flexibility index (Phi) is 5.93. The van der Waals surface area contributed by atoms with E-state index in [1.807, 2.05) is 20.9 Å². The summed E-state index contributed by atoms with van der Waals surface area (Å²) in [5.41, 5.74) is 3.03. The Hall–Kier alpha value is -1.83. The maximum Gasteiger partial charge on any atom is 0.238 e. The van der Waals surface area contributed by atoms with Crippen LogP contribution in [0.4, 0.5) is 13.8 Å². The maximum absolute atomic E-state index is 13.6. The molecule has 0 bridgehead atoms. The highest BCUT2D eigenvalue weighted by atomic mass is 32.1. The molecular formula is C20H25F2N3OS. The number of amides is 1.